The Morgan fingerprint density at radius 1 is 1.62 bits per heavy atom. The van der Waals surface area contributed by atoms with Crippen molar-refractivity contribution in [1.82, 2.24) is 0 Å². The van der Waals surface area contributed by atoms with Gasteiger partial charge in [0.25, 0.3) is 0 Å². The molecule has 0 spiro atoms. The fraction of sp³-hybridized carbons (Fsp3) is 0.222. The van der Waals surface area contributed by atoms with Gasteiger partial charge < -0.3 is 15.6 Å². The molecule has 1 aromatic rings. The molecule has 0 aromatic heterocycles. The summed E-state index contributed by atoms with van der Waals surface area (Å²) in [6, 6.07) is 4.74. The molecule has 0 aliphatic rings. The van der Waals surface area contributed by atoms with Crippen LogP contribution in [0, 0.1) is 0 Å². The van der Waals surface area contributed by atoms with E-state index in [-0.39, 0.29) is 12.2 Å². The zero-order valence-corrected chi connectivity index (χ0v) is 7.28. The summed E-state index contributed by atoms with van der Waals surface area (Å²) < 4.78 is 4.52. The number of anilines is 1. The van der Waals surface area contributed by atoms with Gasteiger partial charge in [-0.15, -0.1) is 0 Å². The average molecular weight is 181 g/mol. The van der Waals surface area contributed by atoms with E-state index in [2.05, 4.69) is 4.74 Å². The number of carbonyl (C=O) groups excluding carboxylic acids is 1. The highest BCUT2D eigenvalue weighted by molar-refractivity contribution is 5.95. The maximum atomic E-state index is 11.1. The molecule has 70 valence electrons. The third-order valence-electron chi connectivity index (χ3n) is 1.71. The predicted molar refractivity (Wildman–Crippen MR) is 48.1 cm³/mol. The number of benzene rings is 1. The van der Waals surface area contributed by atoms with Crippen molar-refractivity contribution in [1.29, 1.82) is 0 Å². The van der Waals surface area contributed by atoms with Crippen LogP contribution in [0.25, 0.3) is 0 Å². The fourth-order valence-electron chi connectivity index (χ4n) is 0.989. The molecule has 0 heterocycles. The lowest BCUT2D eigenvalue weighted by Gasteiger charge is -2.04. The molecule has 0 atom stereocenters. The van der Waals surface area contributed by atoms with Gasteiger partial charge in [-0.05, 0) is 17.7 Å². The highest BCUT2D eigenvalue weighted by Crippen LogP contribution is 2.14. The van der Waals surface area contributed by atoms with Crippen molar-refractivity contribution in [2.75, 3.05) is 12.8 Å². The van der Waals surface area contributed by atoms with Crippen molar-refractivity contribution in [2.24, 2.45) is 0 Å². The Morgan fingerprint density at radius 3 is 2.85 bits per heavy atom. The third-order valence-corrected chi connectivity index (χ3v) is 1.71. The number of hydrogen-bond donors (Lipinski definition) is 2. The molecule has 0 aliphatic carbocycles. The second kappa shape index (κ2) is 3.91. The van der Waals surface area contributed by atoms with Gasteiger partial charge in [0.1, 0.15) is 0 Å². The molecule has 3 N–H and O–H groups in total. The smallest absolute Gasteiger partial charge is 0.339 e. The SMILES string of the molecule is COC(=O)c1cc(CO)ccc1N. The number of carbonyl (C=O) groups is 1. The van der Waals surface area contributed by atoms with E-state index in [1.54, 1.807) is 12.1 Å². The second-order valence-corrected chi connectivity index (χ2v) is 2.57. The first-order chi connectivity index (χ1) is 6.19. The Labute approximate surface area is 75.9 Å². The standard InChI is InChI=1S/C9H11NO3/c1-13-9(12)7-4-6(5-11)2-3-8(7)10/h2-4,11H,5,10H2,1H3. The largest absolute Gasteiger partial charge is 0.465 e. The molecule has 1 aromatic carbocycles. The average Bonchev–Trinajstić information content (AvgIpc) is 2.17. The van der Waals surface area contributed by atoms with Crippen LogP contribution < -0.4 is 5.73 Å². The first kappa shape index (κ1) is 9.54. The number of aliphatic hydroxyl groups is 1. The normalized spacial score (nSPS) is 9.69. The minimum Gasteiger partial charge on any atom is -0.465 e. The van der Waals surface area contributed by atoms with Gasteiger partial charge in [0.05, 0.1) is 19.3 Å². The van der Waals surface area contributed by atoms with Crippen LogP contribution in [-0.2, 0) is 11.3 Å². The highest BCUT2D eigenvalue weighted by Gasteiger charge is 2.09. The van der Waals surface area contributed by atoms with Crippen molar-refractivity contribution in [3.63, 3.8) is 0 Å². The van der Waals surface area contributed by atoms with Gasteiger partial charge in [-0.25, -0.2) is 4.79 Å². The molecule has 0 fully saturated rings. The molecule has 13 heavy (non-hydrogen) atoms. The number of aliphatic hydroxyl groups excluding tert-OH is 1. The Hall–Kier alpha value is -1.55. The van der Waals surface area contributed by atoms with E-state index in [0.717, 1.165) is 0 Å². The van der Waals surface area contributed by atoms with Gasteiger partial charge in [-0.2, -0.15) is 0 Å². The van der Waals surface area contributed by atoms with E-state index < -0.39 is 5.97 Å². The van der Waals surface area contributed by atoms with Crippen LogP contribution in [0.3, 0.4) is 0 Å². The number of rotatable bonds is 2. The molecule has 0 bridgehead atoms. The summed E-state index contributed by atoms with van der Waals surface area (Å²) in [5.41, 5.74) is 6.81. The number of hydrogen-bond acceptors (Lipinski definition) is 4. The molecule has 1 rings (SSSR count). The van der Waals surface area contributed by atoms with Crippen molar-refractivity contribution in [3.8, 4) is 0 Å². The van der Waals surface area contributed by atoms with Crippen LogP contribution >= 0.6 is 0 Å². The summed E-state index contributed by atoms with van der Waals surface area (Å²) in [4.78, 5) is 11.1. The maximum Gasteiger partial charge on any atom is 0.339 e. The first-order valence-corrected chi connectivity index (χ1v) is 3.76. The molecule has 0 unspecified atom stereocenters. The van der Waals surface area contributed by atoms with Crippen molar-refractivity contribution < 1.29 is 14.6 Å². The van der Waals surface area contributed by atoms with E-state index in [9.17, 15) is 4.79 Å². The minimum absolute atomic E-state index is 0.121. The summed E-state index contributed by atoms with van der Waals surface area (Å²) in [5.74, 6) is -0.493. The molecular formula is C9H11NO3. The molecule has 0 saturated carbocycles. The number of methoxy groups -OCH3 is 1. The lowest BCUT2D eigenvalue weighted by molar-refractivity contribution is 0.0602. The van der Waals surface area contributed by atoms with Crippen LogP contribution in [0.5, 0.6) is 0 Å². The van der Waals surface area contributed by atoms with Crippen LogP contribution in [0.1, 0.15) is 15.9 Å². The monoisotopic (exact) mass is 181 g/mol. The number of esters is 1. The number of nitrogens with two attached hydrogens (primary N) is 1. The summed E-state index contributed by atoms with van der Waals surface area (Å²) in [5, 5.41) is 8.81. The topological polar surface area (TPSA) is 72.5 Å². The quantitative estimate of drug-likeness (QED) is 0.516. The van der Waals surface area contributed by atoms with E-state index in [1.807, 2.05) is 0 Å². The van der Waals surface area contributed by atoms with Gasteiger partial charge >= 0.3 is 5.97 Å². The van der Waals surface area contributed by atoms with Crippen LogP contribution in [0.15, 0.2) is 18.2 Å². The molecule has 4 nitrogen and oxygen atoms in total. The summed E-state index contributed by atoms with van der Waals surface area (Å²) in [7, 11) is 1.29. The molecule has 0 radical (unpaired) electrons. The number of ether oxygens (including phenoxy) is 1. The maximum absolute atomic E-state index is 11.1. The Kier molecular flexibility index (Phi) is 2.87. The predicted octanol–water partition coefficient (Wildman–Crippen LogP) is 0.548. The summed E-state index contributed by atoms with van der Waals surface area (Å²) in [6.45, 7) is -0.121. The second-order valence-electron chi connectivity index (χ2n) is 2.57. The lowest BCUT2D eigenvalue weighted by atomic mass is 10.1. The zero-order chi connectivity index (χ0) is 9.84. The van der Waals surface area contributed by atoms with Gasteiger partial charge in [-0.1, -0.05) is 6.07 Å². The van der Waals surface area contributed by atoms with Crippen LogP contribution in [0.2, 0.25) is 0 Å². The zero-order valence-electron chi connectivity index (χ0n) is 7.28. The Morgan fingerprint density at radius 2 is 2.31 bits per heavy atom. The number of nitrogen functional groups attached to an aromatic ring is 1. The first-order valence-electron chi connectivity index (χ1n) is 3.76. The lowest BCUT2D eigenvalue weighted by Crippen LogP contribution is -2.06. The van der Waals surface area contributed by atoms with E-state index >= 15 is 0 Å². The molecule has 0 saturated heterocycles. The minimum atomic E-state index is -0.493. The molecule has 4 heteroatoms. The third kappa shape index (κ3) is 1.97. The molecular weight excluding hydrogens is 170 g/mol. The van der Waals surface area contributed by atoms with E-state index in [4.69, 9.17) is 10.8 Å². The van der Waals surface area contributed by atoms with Gasteiger partial charge in [0, 0.05) is 5.69 Å². The van der Waals surface area contributed by atoms with Crippen LogP contribution in [0.4, 0.5) is 5.69 Å². The van der Waals surface area contributed by atoms with E-state index in [0.29, 0.717) is 11.3 Å². The fourth-order valence-corrected chi connectivity index (χ4v) is 0.989. The van der Waals surface area contributed by atoms with Crippen molar-refractivity contribution in [2.45, 2.75) is 6.61 Å². The van der Waals surface area contributed by atoms with Crippen molar-refractivity contribution in [3.05, 3.63) is 29.3 Å². The Bertz CT molecular complexity index is 323. The highest BCUT2D eigenvalue weighted by atomic mass is 16.5. The van der Waals surface area contributed by atoms with Crippen molar-refractivity contribution >= 4 is 11.7 Å². The summed E-state index contributed by atoms with van der Waals surface area (Å²) in [6.07, 6.45) is 0. The van der Waals surface area contributed by atoms with Gasteiger partial charge in [0.2, 0.25) is 0 Å². The molecule has 0 aliphatic heterocycles. The van der Waals surface area contributed by atoms with E-state index in [1.165, 1.54) is 13.2 Å². The molecule has 0 amide bonds. The van der Waals surface area contributed by atoms with Gasteiger partial charge in [0.15, 0.2) is 0 Å². The van der Waals surface area contributed by atoms with Crippen LogP contribution in [-0.4, -0.2) is 18.2 Å². The summed E-state index contributed by atoms with van der Waals surface area (Å²) >= 11 is 0. The Balaban J connectivity index is 3.11. The van der Waals surface area contributed by atoms with Gasteiger partial charge in [-0.3, -0.25) is 0 Å².